The maximum Gasteiger partial charge on any atom is 0.238 e. The number of nitrogens with one attached hydrogen (secondary N) is 1. The van der Waals surface area contributed by atoms with Gasteiger partial charge in [0.2, 0.25) is 11.7 Å². The predicted octanol–water partition coefficient (Wildman–Crippen LogP) is 1.87. The van der Waals surface area contributed by atoms with E-state index in [0.29, 0.717) is 17.5 Å². The monoisotopic (exact) mass is 233 g/mol. The van der Waals surface area contributed by atoms with Gasteiger partial charge in [0, 0.05) is 6.42 Å². The molecule has 1 saturated heterocycles. The van der Waals surface area contributed by atoms with E-state index in [1.807, 2.05) is 12.1 Å². The first-order valence-corrected chi connectivity index (χ1v) is 5.99. The van der Waals surface area contributed by atoms with Gasteiger partial charge in [0.1, 0.15) is 0 Å². The van der Waals surface area contributed by atoms with Crippen LogP contribution in [0.5, 0.6) is 0 Å². The van der Waals surface area contributed by atoms with E-state index in [9.17, 15) is 0 Å². The normalized spacial score (nSPS) is 19.9. The van der Waals surface area contributed by atoms with Gasteiger partial charge in [0.05, 0.1) is 6.26 Å². The lowest BCUT2D eigenvalue weighted by Gasteiger charge is -2.03. The Morgan fingerprint density at radius 3 is 3.24 bits per heavy atom. The summed E-state index contributed by atoms with van der Waals surface area (Å²) in [5, 5.41) is 7.26. The Morgan fingerprint density at radius 1 is 1.47 bits per heavy atom. The van der Waals surface area contributed by atoms with Crippen LogP contribution in [0.2, 0.25) is 0 Å². The fourth-order valence-electron chi connectivity index (χ4n) is 2.15. The number of rotatable bonds is 4. The first-order valence-electron chi connectivity index (χ1n) is 5.99. The van der Waals surface area contributed by atoms with Crippen LogP contribution < -0.4 is 5.32 Å². The van der Waals surface area contributed by atoms with Crippen LogP contribution in [0.3, 0.4) is 0 Å². The Labute approximate surface area is 99.2 Å². The molecule has 0 radical (unpaired) electrons. The highest BCUT2D eigenvalue weighted by Crippen LogP contribution is 2.18. The molecule has 1 atom stereocenters. The molecular formula is C12H15N3O2. The van der Waals surface area contributed by atoms with E-state index in [-0.39, 0.29) is 0 Å². The van der Waals surface area contributed by atoms with Crippen LogP contribution in [-0.4, -0.2) is 23.2 Å². The van der Waals surface area contributed by atoms with E-state index in [2.05, 4.69) is 15.5 Å². The van der Waals surface area contributed by atoms with Crippen molar-refractivity contribution in [2.24, 2.45) is 5.92 Å². The summed E-state index contributed by atoms with van der Waals surface area (Å²) in [6, 6.07) is 3.64. The first kappa shape index (κ1) is 10.5. The summed E-state index contributed by atoms with van der Waals surface area (Å²) in [7, 11) is 0. The van der Waals surface area contributed by atoms with Crippen LogP contribution >= 0.6 is 0 Å². The van der Waals surface area contributed by atoms with Gasteiger partial charge < -0.3 is 14.3 Å². The summed E-state index contributed by atoms with van der Waals surface area (Å²) < 4.78 is 10.4. The molecule has 1 unspecified atom stereocenters. The quantitative estimate of drug-likeness (QED) is 0.873. The third-order valence-corrected chi connectivity index (χ3v) is 3.14. The van der Waals surface area contributed by atoms with E-state index in [1.54, 1.807) is 6.26 Å². The largest absolute Gasteiger partial charge is 0.461 e. The number of furan rings is 1. The maximum atomic E-state index is 5.22. The molecular weight excluding hydrogens is 218 g/mol. The smallest absolute Gasteiger partial charge is 0.238 e. The summed E-state index contributed by atoms with van der Waals surface area (Å²) in [6.45, 7) is 2.24. The maximum absolute atomic E-state index is 5.22. The highest BCUT2D eigenvalue weighted by molar-refractivity contribution is 5.44. The summed E-state index contributed by atoms with van der Waals surface area (Å²) in [5.41, 5.74) is 0. The SMILES string of the molecule is c1coc(-c2noc(CCC3CCNC3)n2)c1. The Kier molecular flexibility index (Phi) is 2.92. The molecule has 17 heavy (non-hydrogen) atoms. The van der Waals surface area contributed by atoms with Crippen molar-refractivity contribution >= 4 is 0 Å². The molecule has 1 N–H and O–H groups in total. The van der Waals surface area contributed by atoms with Crippen molar-refractivity contribution in [2.45, 2.75) is 19.3 Å². The zero-order chi connectivity index (χ0) is 11.5. The van der Waals surface area contributed by atoms with Gasteiger partial charge >= 0.3 is 0 Å². The third-order valence-electron chi connectivity index (χ3n) is 3.14. The fourth-order valence-corrected chi connectivity index (χ4v) is 2.15. The van der Waals surface area contributed by atoms with Crippen LogP contribution in [0, 0.1) is 5.92 Å². The van der Waals surface area contributed by atoms with Gasteiger partial charge in [-0.3, -0.25) is 0 Å². The second-order valence-electron chi connectivity index (χ2n) is 4.39. The van der Waals surface area contributed by atoms with Crippen LogP contribution in [0.1, 0.15) is 18.7 Å². The standard InChI is InChI=1S/C12H15N3O2/c1-2-10(16-7-1)12-14-11(17-15-12)4-3-9-5-6-13-8-9/h1-2,7,9,13H,3-6,8H2. The van der Waals surface area contributed by atoms with Crippen molar-refractivity contribution in [2.75, 3.05) is 13.1 Å². The fraction of sp³-hybridized carbons (Fsp3) is 0.500. The molecule has 5 heteroatoms. The second-order valence-corrected chi connectivity index (χ2v) is 4.39. The molecule has 0 saturated carbocycles. The van der Waals surface area contributed by atoms with Gasteiger partial charge in [-0.05, 0) is 44.0 Å². The number of hydrogen-bond donors (Lipinski definition) is 1. The Bertz CT molecular complexity index is 458. The molecule has 2 aromatic rings. The van der Waals surface area contributed by atoms with E-state index < -0.39 is 0 Å². The van der Waals surface area contributed by atoms with Crippen molar-refractivity contribution in [1.29, 1.82) is 0 Å². The minimum absolute atomic E-state index is 0.537. The van der Waals surface area contributed by atoms with Crippen molar-refractivity contribution in [3.63, 3.8) is 0 Å². The molecule has 2 aromatic heterocycles. The highest BCUT2D eigenvalue weighted by atomic mass is 16.5. The van der Waals surface area contributed by atoms with Crippen LogP contribution in [0.15, 0.2) is 27.3 Å². The van der Waals surface area contributed by atoms with Gasteiger partial charge in [-0.1, -0.05) is 5.16 Å². The van der Waals surface area contributed by atoms with Crippen LogP contribution in [0.25, 0.3) is 11.6 Å². The van der Waals surface area contributed by atoms with Gasteiger partial charge in [-0.15, -0.1) is 0 Å². The van der Waals surface area contributed by atoms with E-state index >= 15 is 0 Å². The average molecular weight is 233 g/mol. The van der Waals surface area contributed by atoms with E-state index in [1.165, 1.54) is 6.42 Å². The lowest BCUT2D eigenvalue weighted by atomic mass is 10.0. The summed E-state index contributed by atoms with van der Waals surface area (Å²) in [6.07, 6.45) is 4.81. The molecule has 0 amide bonds. The average Bonchev–Trinajstić information content (AvgIpc) is 3.09. The molecule has 3 rings (SSSR count). The van der Waals surface area contributed by atoms with Crippen molar-refractivity contribution in [3.8, 4) is 11.6 Å². The zero-order valence-electron chi connectivity index (χ0n) is 9.56. The summed E-state index contributed by atoms with van der Waals surface area (Å²) in [4.78, 5) is 4.32. The number of aryl methyl sites for hydroxylation is 1. The Morgan fingerprint density at radius 2 is 2.47 bits per heavy atom. The second kappa shape index (κ2) is 4.71. The molecule has 90 valence electrons. The highest BCUT2D eigenvalue weighted by Gasteiger charge is 2.16. The number of hydrogen-bond acceptors (Lipinski definition) is 5. The first-order chi connectivity index (χ1) is 8.42. The molecule has 0 spiro atoms. The van der Waals surface area contributed by atoms with E-state index in [4.69, 9.17) is 8.94 Å². The Balaban J connectivity index is 1.60. The van der Waals surface area contributed by atoms with Crippen molar-refractivity contribution < 1.29 is 8.94 Å². The molecule has 1 fully saturated rings. The molecule has 5 nitrogen and oxygen atoms in total. The van der Waals surface area contributed by atoms with Crippen LogP contribution in [-0.2, 0) is 6.42 Å². The minimum atomic E-state index is 0.537. The van der Waals surface area contributed by atoms with Crippen molar-refractivity contribution in [1.82, 2.24) is 15.5 Å². The molecule has 1 aliphatic heterocycles. The van der Waals surface area contributed by atoms with Crippen LogP contribution in [0.4, 0.5) is 0 Å². The van der Waals surface area contributed by atoms with Gasteiger partial charge in [-0.2, -0.15) is 4.98 Å². The molecule has 0 aliphatic carbocycles. The zero-order valence-corrected chi connectivity index (χ0v) is 9.56. The summed E-state index contributed by atoms with van der Waals surface area (Å²) >= 11 is 0. The third kappa shape index (κ3) is 2.39. The summed E-state index contributed by atoms with van der Waals surface area (Å²) in [5.74, 6) is 2.63. The van der Waals surface area contributed by atoms with Crippen molar-refractivity contribution in [3.05, 3.63) is 24.3 Å². The number of aromatic nitrogens is 2. The predicted molar refractivity (Wildman–Crippen MR) is 61.3 cm³/mol. The molecule has 1 aliphatic rings. The minimum Gasteiger partial charge on any atom is -0.461 e. The topological polar surface area (TPSA) is 64.1 Å². The van der Waals surface area contributed by atoms with Gasteiger partial charge in [0.15, 0.2) is 5.76 Å². The molecule has 0 aromatic carbocycles. The molecule has 0 bridgehead atoms. The lowest BCUT2D eigenvalue weighted by molar-refractivity contribution is 0.364. The van der Waals surface area contributed by atoms with Gasteiger partial charge in [0.25, 0.3) is 0 Å². The van der Waals surface area contributed by atoms with E-state index in [0.717, 1.165) is 31.8 Å². The number of nitrogens with zero attached hydrogens (tertiary/aromatic N) is 2. The Hall–Kier alpha value is -1.62. The van der Waals surface area contributed by atoms with Gasteiger partial charge in [-0.25, -0.2) is 0 Å². The lowest BCUT2D eigenvalue weighted by Crippen LogP contribution is -2.09. The molecule has 3 heterocycles.